The van der Waals surface area contributed by atoms with Crippen molar-refractivity contribution in [3.8, 4) is 5.75 Å². The molecule has 4 heteroatoms. The van der Waals surface area contributed by atoms with Gasteiger partial charge in [-0.05, 0) is 42.2 Å². The van der Waals surface area contributed by atoms with Crippen molar-refractivity contribution in [2.75, 3.05) is 13.7 Å². The van der Waals surface area contributed by atoms with E-state index < -0.39 is 0 Å². The van der Waals surface area contributed by atoms with Crippen molar-refractivity contribution in [3.63, 3.8) is 0 Å². The van der Waals surface area contributed by atoms with E-state index in [2.05, 4.69) is 21.2 Å². The maximum Gasteiger partial charge on any atom is 0.220 e. The minimum Gasteiger partial charge on any atom is -0.496 e. The van der Waals surface area contributed by atoms with Crippen LogP contribution < -0.4 is 10.1 Å². The van der Waals surface area contributed by atoms with Crippen LogP contribution in [0.2, 0.25) is 0 Å². The van der Waals surface area contributed by atoms with E-state index >= 15 is 0 Å². The summed E-state index contributed by atoms with van der Waals surface area (Å²) in [5.74, 6) is 0.945. The number of halogens is 1. The molecule has 2 rings (SSSR count). The Kier molecular flexibility index (Phi) is 6.46. The van der Waals surface area contributed by atoms with Crippen LogP contribution in [0.25, 0.3) is 0 Å². The Hall–Kier alpha value is -1.81. The van der Waals surface area contributed by atoms with Crippen molar-refractivity contribution in [2.24, 2.45) is 0 Å². The second-order valence-electron chi connectivity index (χ2n) is 5.04. The molecule has 0 bridgehead atoms. The van der Waals surface area contributed by atoms with Gasteiger partial charge in [-0.2, -0.15) is 0 Å². The Morgan fingerprint density at radius 1 is 1.14 bits per heavy atom. The van der Waals surface area contributed by atoms with E-state index in [0.29, 0.717) is 13.0 Å². The fourth-order valence-electron chi connectivity index (χ4n) is 2.28. The van der Waals surface area contributed by atoms with Gasteiger partial charge in [-0.25, -0.2) is 0 Å². The number of benzene rings is 2. The van der Waals surface area contributed by atoms with Crippen molar-refractivity contribution in [1.82, 2.24) is 5.32 Å². The monoisotopic (exact) mass is 361 g/mol. The summed E-state index contributed by atoms with van der Waals surface area (Å²) in [5.41, 5.74) is 2.27. The molecule has 0 saturated heterocycles. The molecule has 3 nitrogen and oxygen atoms in total. The average molecular weight is 362 g/mol. The van der Waals surface area contributed by atoms with Gasteiger partial charge in [-0.1, -0.05) is 46.3 Å². The first-order chi connectivity index (χ1) is 10.7. The molecular formula is C18H20BrNO2. The smallest absolute Gasteiger partial charge is 0.220 e. The van der Waals surface area contributed by atoms with Gasteiger partial charge in [0.2, 0.25) is 5.91 Å². The van der Waals surface area contributed by atoms with Crippen molar-refractivity contribution in [3.05, 3.63) is 64.1 Å². The molecule has 0 fully saturated rings. The van der Waals surface area contributed by atoms with E-state index in [-0.39, 0.29) is 5.91 Å². The third-order valence-electron chi connectivity index (χ3n) is 3.44. The van der Waals surface area contributed by atoms with E-state index in [1.54, 1.807) is 7.11 Å². The Morgan fingerprint density at radius 3 is 2.73 bits per heavy atom. The van der Waals surface area contributed by atoms with Crippen LogP contribution in [0.3, 0.4) is 0 Å². The largest absolute Gasteiger partial charge is 0.496 e. The van der Waals surface area contributed by atoms with E-state index in [4.69, 9.17) is 4.74 Å². The molecule has 0 aromatic heterocycles. The van der Waals surface area contributed by atoms with Gasteiger partial charge in [0.05, 0.1) is 7.11 Å². The Morgan fingerprint density at radius 2 is 1.95 bits per heavy atom. The lowest BCUT2D eigenvalue weighted by Crippen LogP contribution is -2.26. The molecule has 0 aliphatic carbocycles. The van der Waals surface area contributed by atoms with Gasteiger partial charge in [-0.3, -0.25) is 4.79 Å². The van der Waals surface area contributed by atoms with Gasteiger partial charge >= 0.3 is 0 Å². The number of hydrogen-bond donors (Lipinski definition) is 1. The zero-order valence-electron chi connectivity index (χ0n) is 12.6. The summed E-state index contributed by atoms with van der Waals surface area (Å²) in [6.07, 6.45) is 2.02. The Labute approximate surface area is 139 Å². The topological polar surface area (TPSA) is 38.3 Å². The molecule has 0 spiro atoms. The normalized spacial score (nSPS) is 10.3. The molecule has 1 amide bonds. The number of amides is 1. The van der Waals surface area contributed by atoms with Gasteiger partial charge in [0.25, 0.3) is 0 Å². The molecule has 2 aromatic carbocycles. The second kappa shape index (κ2) is 8.59. The molecule has 0 atom stereocenters. The van der Waals surface area contributed by atoms with Crippen molar-refractivity contribution < 1.29 is 9.53 Å². The molecule has 116 valence electrons. The van der Waals surface area contributed by atoms with Gasteiger partial charge in [0.15, 0.2) is 0 Å². The lowest BCUT2D eigenvalue weighted by atomic mass is 10.1. The van der Waals surface area contributed by atoms with Gasteiger partial charge < -0.3 is 10.1 Å². The predicted octanol–water partition coefficient (Wildman–Crippen LogP) is 3.75. The van der Waals surface area contributed by atoms with Crippen LogP contribution >= 0.6 is 15.9 Å². The number of hydrogen-bond acceptors (Lipinski definition) is 2. The van der Waals surface area contributed by atoms with Crippen molar-refractivity contribution in [2.45, 2.75) is 19.3 Å². The first kappa shape index (κ1) is 16.6. The van der Waals surface area contributed by atoms with E-state index in [0.717, 1.165) is 34.2 Å². The minimum atomic E-state index is 0.0786. The number of carbonyl (C=O) groups is 1. The summed E-state index contributed by atoms with van der Waals surface area (Å²) in [5, 5.41) is 2.96. The van der Waals surface area contributed by atoms with E-state index in [1.807, 2.05) is 48.5 Å². The highest BCUT2D eigenvalue weighted by atomic mass is 79.9. The maximum absolute atomic E-state index is 11.9. The fourth-order valence-corrected chi connectivity index (χ4v) is 2.73. The van der Waals surface area contributed by atoms with Crippen LogP contribution in [-0.2, 0) is 17.6 Å². The number of ether oxygens (including phenoxy) is 1. The highest BCUT2D eigenvalue weighted by Gasteiger charge is 2.05. The second-order valence-corrected chi connectivity index (χ2v) is 5.96. The van der Waals surface area contributed by atoms with Crippen molar-refractivity contribution >= 4 is 21.8 Å². The minimum absolute atomic E-state index is 0.0786. The van der Waals surface area contributed by atoms with Crippen LogP contribution in [0.15, 0.2) is 53.0 Å². The quantitative estimate of drug-likeness (QED) is 0.815. The zero-order chi connectivity index (χ0) is 15.8. The van der Waals surface area contributed by atoms with Gasteiger partial charge in [-0.15, -0.1) is 0 Å². The standard InChI is InChI=1S/C18H20BrNO2/c1-22-17-8-3-2-6-15(17)11-12-20-18(21)10-9-14-5-4-7-16(19)13-14/h2-8,13H,9-12H2,1H3,(H,20,21). The summed E-state index contributed by atoms with van der Waals surface area (Å²) in [6.45, 7) is 0.623. The number of nitrogens with one attached hydrogen (secondary N) is 1. The van der Waals surface area contributed by atoms with Crippen LogP contribution in [0.1, 0.15) is 17.5 Å². The van der Waals surface area contributed by atoms with Gasteiger partial charge in [0.1, 0.15) is 5.75 Å². The zero-order valence-corrected chi connectivity index (χ0v) is 14.2. The van der Waals surface area contributed by atoms with Crippen LogP contribution in [0, 0.1) is 0 Å². The predicted molar refractivity (Wildman–Crippen MR) is 92.2 cm³/mol. The average Bonchev–Trinajstić information content (AvgIpc) is 2.53. The highest BCUT2D eigenvalue weighted by molar-refractivity contribution is 9.10. The molecule has 0 aliphatic rings. The first-order valence-corrected chi connectivity index (χ1v) is 8.11. The third-order valence-corrected chi connectivity index (χ3v) is 3.93. The van der Waals surface area contributed by atoms with Crippen LogP contribution in [0.4, 0.5) is 0 Å². The van der Waals surface area contributed by atoms with Crippen LogP contribution in [0.5, 0.6) is 5.75 Å². The molecule has 0 radical (unpaired) electrons. The Balaban J connectivity index is 1.74. The van der Waals surface area contributed by atoms with E-state index in [1.165, 1.54) is 0 Å². The lowest BCUT2D eigenvalue weighted by molar-refractivity contribution is -0.121. The molecular weight excluding hydrogens is 342 g/mol. The summed E-state index contributed by atoms with van der Waals surface area (Å²) < 4.78 is 6.35. The first-order valence-electron chi connectivity index (χ1n) is 7.32. The summed E-state index contributed by atoms with van der Waals surface area (Å²) in [7, 11) is 1.66. The molecule has 2 aromatic rings. The third kappa shape index (κ3) is 5.19. The fraction of sp³-hybridized carbons (Fsp3) is 0.278. The maximum atomic E-state index is 11.9. The van der Waals surface area contributed by atoms with Crippen molar-refractivity contribution in [1.29, 1.82) is 0 Å². The van der Waals surface area contributed by atoms with E-state index in [9.17, 15) is 4.79 Å². The molecule has 22 heavy (non-hydrogen) atoms. The van der Waals surface area contributed by atoms with Gasteiger partial charge in [0, 0.05) is 17.4 Å². The summed E-state index contributed by atoms with van der Waals surface area (Å²) in [6, 6.07) is 15.9. The molecule has 1 N–H and O–H groups in total. The number of carbonyl (C=O) groups excluding carboxylic acids is 1. The lowest BCUT2D eigenvalue weighted by Gasteiger charge is -2.09. The summed E-state index contributed by atoms with van der Waals surface area (Å²) in [4.78, 5) is 11.9. The number of methoxy groups -OCH3 is 1. The number of para-hydroxylation sites is 1. The highest BCUT2D eigenvalue weighted by Crippen LogP contribution is 2.17. The summed E-state index contributed by atoms with van der Waals surface area (Å²) >= 11 is 3.44. The number of aryl methyl sites for hydroxylation is 1. The number of rotatable bonds is 7. The van der Waals surface area contributed by atoms with Crippen LogP contribution in [-0.4, -0.2) is 19.6 Å². The Bertz CT molecular complexity index is 628. The molecule has 0 aliphatic heterocycles. The molecule has 0 saturated carbocycles. The molecule has 0 heterocycles. The SMILES string of the molecule is COc1ccccc1CCNC(=O)CCc1cccc(Br)c1. The molecule has 0 unspecified atom stereocenters.